The van der Waals surface area contributed by atoms with Crippen LogP contribution < -0.4 is 5.69 Å². The molecular weight excluding hydrogens is 828 g/mol. The zero-order valence-electron chi connectivity index (χ0n) is 37.2. The van der Waals surface area contributed by atoms with Gasteiger partial charge in [0.2, 0.25) is 15.9 Å². The number of allylic oxidation sites excluding steroid dienone is 1. The Labute approximate surface area is 368 Å². The summed E-state index contributed by atoms with van der Waals surface area (Å²) in [7, 11) is 2.60. The molecule has 0 spiro atoms. The van der Waals surface area contributed by atoms with E-state index in [1.807, 2.05) is 45.0 Å². The summed E-state index contributed by atoms with van der Waals surface area (Å²) in [6, 6.07) is 9.15. The number of likely N-dealkylation sites (tertiary alicyclic amines) is 1. The number of aromatic nitrogens is 4. The van der Waals surface area contributed by atoms with Crippen molar-refractivity contribution in [3.63, 3.8) is 0 Å². The number of ether oxygens (including phenoxy) is 1. The number of carbonyl (C=O) groups is 2. The van der Waals surface area contributed by atoms with Crippen LogP contribution in [0.25, 0.3) is 16.7 Å². The summed E-state index contributed by atoms with van der Waals surface area (Å²) < 4.78 is 53.6. The van der Waals surface area contributed by atoms with Crippen LogP contribution in [0, 0.1) is 5.82 Å². The Bertz CT molecular complexity index is 2550. The van der Waals surface area contributed by atoms with Crippen LogP contribution in [-0.4, -0.2) is 126 Å². The molecule has 2 aromatic carbocycles. The zero-order chi connectivity index (χ0) is 45.6. The van der Waals surface area contributed by atoms with Crippen molar-refractivity contribution in [1.82, 2.24) is 38.4 Å². The summed E-state index contributed by atoms with van der Waals surface area (Å²) >= 11 is 0. The van der Waals surface area contributed by atoms with Gasteiger partial charge in [0.25, 0.3) is 0 Å². The molecule has 1 fully saturated rings. The number of benzene rings is 2. The van der Waals surface area contributed by atoms with E-state index in [4.69, 9.17) is 4.74 Å². The molecule has 338 valence electrons. The van der Waals surface area contributed by atoms with Crippen LogP contribution in [0.4, 0.5) is 4.39 Å². The third kappa shape index (κ3) is 10.2. The monoisotopic (exact) mass is 886 g/mol. The number of nitrogens with zero attached hydrogens (tertiary/aromatic N) is 9. The van der Waals surface area contributed by atoms with Gasteiger partial charge in [-0.15, -0.1) is 0 Å². The number of sulfonamides is 1. The number of nitrogens with one attached hydrogen (secondary N) is 1. The molecule has 18 heteroatoms. The lowest BCUT2D eigenvalue weighted by molar-refractivity contribution is -0.129. The molecule has 63 heavy (non-hydrogen) atoms. The second-order valence-electron chi connectivity index (χ2n) is 16.7. The summed E-state index contributed by atoms with van der Waals surface area (Å²) in [5.41, 5.74) is 4.49. The van der Waals surface area contributed by atoms with E-state index in [-0.39, 0.29) is 53.8 Å². The molecule has 2 aliphatic rings. The van der Waals surface area contributed by atoms with Crippen LogP contribution in [0.3, 0.4) is 0 Å². The molecule has 2 atom stereocenters. The third-order valence-electron chi connectivity index (χ3n) is 11.9. The first kappa shape index (κ1) is 46.8. The van der Waals surface area contributed by atoms with E-state index in [9.17, 15) is 22.8 Å². The number of aryl methyl sites for hydroxylation is 1. The van der Waals surface area contributed by atoms with E-state index in [1.165, 1.54) is 44.3 Å². The SMILES string of the molecule is C=NN1C=NC(c2cn[nH]c2)=C(OC(C)C)/C1=C\CC(C)c1ccc(S(=O)(=O)N(C)CCCN2CCC(c3cccc4c3n(C)c(=O)n4C(C=O)CCC(=O)N(C)C)CC2)cc1F. The summed E-state index contributed by atoms with van der Waals surface area (Å²) in [5, 5.41) is 12.4. The zero-order valence-corrected chi connectivity index (χ0v) is 38.0. The molecular formula is C45H59FN10O6S. The van der Waals surface area contributed by atoms with Crippen molar-refractivity contribution in [2.45, 2.75) is 88.2 Å². The van der Waals surface area contributed by atoms with Gasteiger partial charge in [-0.2, -0.15) is 10.2 Å². The lowest BCUT2D eigenvalue weighted by Crippen LogP contribution is -2.36. The van der Waals surface area contributed by atoms with E-state index in [1.54, 1.807) is 38.1 Å². The normalized spacial score (nSPS) is 17.0. The second kappa shape index (κ2) is 20.2. The van der Waals surface area contributed by atoms with E-state index in [2.05, 4.69) is 31.9 Å². The number of para-hydroxylation sites is 1. The minimum Gasteiger partial charge on any atom is -0.486 e. The Kier molecular flexibility index (Phi) is 15.0. The van der Waals surface area contributed by atoms with Gasteiger partial charge in [-0.1, -0.05) is 31.2 Å². The quantitative estimate of drug-likeness (QED) is 0.0899. The van der Waals surface area contributed by atoms with Crippen molar-refractivity contribution < 1.29 is 27.1 Å². The molecule has 4 heterocycles. The number of fused-ring (bicyclic) bond motifs is 1. The molecule has 6 rings (SSSR count). The van der Waals surface area contributed by atoms with Crippen molar-refractivity contribution in [3.8, 4) is 0 Å². The number of hydrogen-bond acceptors (Lipinski definition) is 11. The van der Waals surface area contributed by atoms with Gasteiger partial charge in [0.1, 0.15) is 29.8 Å². The van der Waals surface area contributed by atoms with E-state index in [0.29, 0.717) is 47.6 Å². The van der Waals surface area contributed by atoms with Crippen LogP contribution in [0.15, 0.2) is 86.1 Å². The molecule has 1 saturated heterocycles. The summed E-state index contributed by atoms with van der Waals surface area (Å²) in [6.07, 6.45) is 10.4. The van der Waals surface area contributed by atoms with Crippen molar-refractivity contribution in [1.29, 1.82) is 0 Å². The summed E-state index contributed by atoms with van der Waals surface area (Å²) in [4.78, 5) is 46.1. The molecule has 16 nitrogen and oxygen atoms in total. The molecule has 4 aromatic rings. The smallest absolute Gasteiger partial charge is 0.329 e. The average Bonchev–Trinajstić information content (AvgIpc) is 3.89. The fourth-order valence-corrected chi connectivity index (χ4v) is 9.56. The number of aldehydes is 1. The number of halogens is 1. The van der Waals surface area contributed by atoms with Crippen LogP contribution in [0.1, 0.15) is 93.9 Å². The molecule has 0 aliphatic carbocycles. The van der Waals surface area contributed by atoms with Gasteiger partial charge in [0.05, 0.1) is 34.3 Å². The fourth-order valence-electron chi connectivity index (χ4n) is 8.34. The minimum atomic E-state index is -3.96. The second-order valence-corrected chi connectivity index (χ2v) is 18.8. The number of hydrogen-bond donors (Lipinski definition) is 1. The van der Waals surface area contributed by atoms with Crippen LogP contribution in [-0.2, 0) is 31.4 Å². The van der Waals surface area contributed by atoms with Crippen LogP contribution >= 0.6 is 0 Å². The van der Waals surface area contributed by atoms with Gasteiger partial charge in [0, 0.05) is 59.6 Å². The van der Waals surface area contributed by atoms with Crippen LogP contribution in [0.2, 0.25) is 0 Å². The highest BCUT2D eigenvalue weighted by molar-refractivity contribution is 7.89. The van der Waals surface area contributed by atoms with Crippen molar-refractivity contribution >= 4 is 52.0 Å². The van der Waals surface area contributed by atoms with Gasteiger partial charge < -0.3 is 19.3 Å². The molecule has 0 bridgehead atoms. The number of rotatable bonds is 19. The molecule has 0 saturated carbocycles. The highest BCUT2D eigenvalue weighted by atomic mass is 32.2. The Morgan fingerprint density at radius 3 is 2.52 bits per heavy atom. The third-order valence-corrected chi connectivity index (χ3v) is 13.7. The highest BCUT2D eigenvalue weighted by Gasteiger charge is 2.29. The standard InChI is InChI=1S/C45H59FN10O6S/c1-30(2)62-44-40(55(47-4)29-48-42(44)33-26-49-50-27-33)17-13-31(3)36-16-15-35(25-38(36)46)63(60,61)52(7)21-10-22-54-23-19-32(20-24-54)37-11-9-12-39-43(37)53(8)45(59)56(39)34(28-57)14-18-41(58)51(5)6/h9,11-12,15-17,25-32,34H,4,10,13-14,18-24H2,1-3,5-8H3,(H,49,50)/b40-17+. The van der Waals surface area contributed by atoms with Crippen molar-refractivity contribution in [3.05, 3.63) is 99.3 Å². The first-order valence-corrected chi connectivity index (χ1v) is 22.7. The van der Waals surface area contributed by atoms with E-state index < -0.39 is 21.9 Å². The molecule has 2 aromatic heterocycles. The Hall–Kier alpha value is -5.72. The molecule has 1 amide bonds. The number of piperidine rings is 1. The molecule has 1 N–H and O–H groups in total. The predicted molar refractivity (Wildman–Crippen MR) is 242 cm³/mol. The Balaban J connectivity index is 1.05. The molecule has 2 unspecified atom stereocenters. The first-order valence-electron chi connectivity index (χ1n) is 21.3. The average molecular weight is 887 g/mol. The predicted octanol–water partition coefficient (Wildman–Crippen LogP) is 5.83. The van der Waals surface area contributed by atoms with Gasteiger partial charge in [-0.3, -0.25) is 19.0 Å². The van der Waals surface area contributed by atoms with E-state index in [0.717, 1.165) is 54.9 Å². The lowest BCUT2D eigenvalue weighted by Gasteiger charge is -2.32. The number of H-pyrrole nitrogens is 1. The number of carbonyl (C=O) groups excluding carboxylic acids is 2. The number of imidazole rings is 1. The molecule has 0 radical (unpaired) electrons. The highest BCUT2D eigenvalue weighted by Crippen LogP contribution is 2.36. The number of hydrazone groups is 1. The van der Waals surface area contributed by atoms with Gasteiger partial charge >= 0.3 is 5.69 Å². The van der Waals surface area contributed by atoms with Gasteiger partial charge in [-0.25, -0.2) is 31.9 Å². The Morgan fingerprint density at radius 2 is 1.89 bits per heavy atom. The van der Waals surface area contributed by atoms with Crippen molar-refractivity contribution in [2.75, 3.05) is 47.3 Å². The fraction of sp³-hybridized carbons (Fsp3) is 0.467. The minimum absolute atomic E-state index is 0.107. The topological polar surface area (TPSA) is 171 Å². The summed E-state index contributed by atoms with van der Waals surface area (Å²) in [6.45, 7) is 11.9. The first-order chi connectivity index (χ1) is 30.1. The molecule has 2 aliphatic heterocycles. The van der Waals surface area contributed by atoms with Gasteiger partial charge in [0.15, 0.2) is 5.76 Å². The maximum Gasteiger partial charge on any atom is 0.329 e. The van der Waals surface area contributed by atoms with E-state index >= 15 is 4.39 Å². The number of aliphatic imine (C=N–C) groups is 1. The largest absolute Gasteiger partial charge is 0.486 e. The number of aromatic amines is 1. The van der Waals surface area contributed by atoms with Crippen molar-refractivity contribution in [2.24, 2.45) is 17.1 Å². The summed E-state index contributed by atoms with van der Waals surface area (Å²) in [5.74, 6) is -0.375. The maximum atomic E-state index is 15.8. The maximum absolute atomic E-state index is 15.8. The van der Waals surface area contributed by atoms with Crippen LogP contribution in [0.5, 0.6) is 0 Å². The Morgan fingerprint density at radius 1 is 1.14 bits per heavy atom. The lowest BCUT2D eigenvalue weighted by atomic mass is 9.88. The number of amides is 1. The van der Waals surface area contributed by atoms with Gasteiger partial charge in [-0.05, 0) is 107 Å².